The summed E-state index contributed by atoms with van der Waals surface area (Å²) in [6.07, 6.45) is 2.49. The molecule has 1 aliphatic heterocycles. The number of aromatic hydroxyl groups is 1. The van der Waals surface area contributed by atoms with Crippen LogP contribution >= 0.6 is 11.6 Å². The Kier molecular flexibility index (Phi) is 2.55. The minimum Gasteiger partial charge on any atom is -0.508 e. The van der Waals surface area contributed by atoms with Gasteiger partial charge in [-0.05, 0) is 25.0 Å². The van der Waals surface area contributed by atoms with E-state index in [1.807, 2.05) is 0 Å². The van der Waals surface area contributed by atoms with Crippen molar-refractivity contribution in [3.8, 4) is 5.75 Å². The highest BCUT2D eigenvalue weighted by atomic mass is 35.5. The van der Waals surface area contributed by atoms with Crippen molar-refractivity contribution in [2.24, 2.45) is 11.8 Å². The van der Waals surface area contributed by atoms with Crippen molar-refractivity contribution < 1.29 is 14.7 Å². The standard InChI is InChI=1S/C13H12ClNO3/c14-10-6-7(16)4-5-11(10)15-12(17)8-2-1-3-9(8)13(15)18/h4-6,8-9,16H,1-3H2. The van der Waals surface area contributed by atoms with Crippen molar-refractivity contribution >= 4 is 29.1 Å². The van der Waals surface area contributed by atoms with Crippen LogP contribution in [0.15, 0.2) is 18.2 Å². The number of rotatable bonds is 1. The zero-order valence-electron chi connectivity index (χ0n) is 9.60. The van der Waals surface area contributed by atoms with Crippen LogP contribution in [-0.2, 0) is 9.59 Å². The van der Waals surface area contributed by atoms with E-state index in [4.69, 9.17) is 11.6 Å². The highest BCUT2D eigenvalue weighted by Crippen LogP contribution is 2.43. The first-order valence-corrected chi connectivity index (χ1v) is 6.33. The first-order chi connectivity index (χ1) is 8.59. The maximum Gasteiger partial charge on any atom is 0.237 e. The molecule has 0 bridgehead atoms. The van der Waals surface area contributed by atoms with Crippen LogP contribution in [0, 0.1) is 11.8 Å². The summed E-state index contributed by atoms with van der Waals surface area (Å²) in [5.74, 6) is -0.655. The van der Waals surface area contributed by atoms with E-state index in [1.54, 1.807) is 0 Å². The lowest BCUT2D eigenvalue weighted by Crippen LogP contribution is -2.31. The molecule has 4 nitrogen and oxygen atoms in total. The molecule has 0 radical (unpaired) electrons. The monoisotopic (exact) mass is 265 g/mol. The van der Waals surface area contributed by atoms with E-state index in [2.05, 4.69) is 0 Å². The Labute approximate surface area is 109 Å². The fraction of sp³-hybridized carbons (Fsp3) is 0.385. The van der Waals surface area contributed by atoms with Gasteiger partial charge >= 0.3 is 0 Å². The fourth-order valence-corrected chi connectivity index (χ4v) is 3.17. The average Bonchev–Trinajstić information content (AvgIpc) is 2.87. The molecule has 5 heteroatoms. The molecule has 1 N–H and O–H groups in total. The molecule has 1 aromatic carbocycles. The summed E-state index contributed by atoms with van der Waals surface area (Å²) in [5, 5.41) is 9.52. The third kappa shape index (κ3) is 1.52. The normalized spacial score (nSPS) is 26.8. The second-order valence-corrected chi connectivity index (χ2v) is 5.20. The fourth-order valence-electron chi connectivity index (χ4n) is 2.91. The molecule has 2 unspecified atom stereocenters. The van der Waals surface area contributed by atoms with Gasteiger partial charge in [0.05, 0.1) is 22.5 Å². The molecule has 0 aromatic heterocycles. The molecule has 1 heterocycles. The largest absolute Gasteiger partial charge is 0.508 e. The topological polar surface area (TPSA) is 57.6 Å². The molecular formula is C13H12ClNO3. The zero-order chi connectivity index (χ0) is 12.9. The molecule has 1 saturated heterocycles. The van der Waals surface area contributed by atoms with Crippen molar-refractivity contribution in [3.05, 3.63) is 23.2 Å². The highest BCUT2D eigenvalue weighted by Gasteiger charge is 2.50. The van der Waals surface area contributed by atoms with Gasteiger partial charge in [-0.25, -0.2) is 4.90 Å². The number of hydrogen-bond donors (Lipinski definition) is 1. The van der Waals surface area contributed by atoms with Gasteiger partial charge in [-0.1, -0.05) is 18.0 Å². The summed E-state index contributed by atoms with van der Waals surface area (Å²) < 4.78 is 0. The number of amides is 2. The third-order valence-electron chi connectivity index (χ3n) is 3.76. The van der Waals surface area contributed by atoms with E-state index in [1.165, 1.54) is 23.1 Å². The molecule has 1 saturated carbocycles. The summed E-state index contributed by atoms with van der Waals surface area (Å²) in [5.41, 5.74) is 0.374. The second kappa shape index (κ2) is 3.99. The van der Waals surface area contributed by atoms with Crippen LogP contribution in [0.4, 0.5) is 5.69 Å². The number of anilines is 1. The molecule has 1 aromatic rings. The quantitative estimate of drug-likeness (QED) is 0.793. The van der Waals surface area contributed by atoms with Crippen LogP contribution in [0.5, 0.6) is 5.75 Å². The van der Waals surface area contributed by atoms with Crippen molar-refractivity contribution in [3.63, 3.8) is 0 Å². The predicted molar refractivity (Wildman–Crippen MR) is 66.4 cm³/mol. The van der Waals surface area contributed by atoms with Gasteiger partial charge in [0, 0.05) is 6.07 Å². The van der Waals surface area contributed by atoms with Gasteiger partial charge in [0.25, 0.3) is 0 Å². The average molecular weight is 266 g/mol. The molecule has 2 fully saturated rings. The maximum atomic E-state index is 12.2. The van der Waals surface area contributed by atoms with Crippen LogP contribution in [0.1, 0.15) is 19.3 Å². The van der Waals surface area contributed by atoms with Crippen LogP contribution in [0.2, 0.25) is 5.02 Å². The number of fused-ring (bicyclic) bond motifs is 1. The van der Waals surface area contributed by atoms with Gasteiger partial charge in [0.15, 0.2) is 0 Å². The van der Waals surface area contributed by atoms with Gasteiger partial charge in [-0.2, -0.15) is 0 Å². The Morgan fingerprint density at radius 1 is 1.17 bits per heavy atom. The maximum absolute atomic E-state index is 12.2. The lowest BCUT2D eigenvalue weighted by Gasteiger charge is -2.17. The van der Waals surface area contributed by atoms with Gasteiger partial charge < -0.3 is 5.11 Å². The Bertz CT molecular complexity index is 521. The van der Waals surface area contributed by atoms with E-state index in [9.17, 15) is 14.7 Å². The van der Waals surface area contributed by atoms with E-state index in [-0.39, 0.29) is 34.4 Å². The highest BCUT2D eigenvalue weighted by molar-refractivity contribution is 6.36. The lowest BCUT2D eigenvalue weighted by molar-refractivity contribution is -0.122. The van der Waals surface area contributed by atoms with Crippen LogP contribution < -0.4 is 4.90 Å². The Morgan fingerprint density at radius 3 is 2.33 bits per heavy atom. The summed E-state index contributed by atoms with van der Waals surface area (Å²) in [7, 11) is 0. The lowest BCUT2D eigenvalue weighted by atomic mass is 10.00. The number of carbonyl (C=O) groups is 2. The number of imide groups is 1. The minimum atomic E-state index is -0.178. The zero-order valence-corrected chi connectivity index (χ0v) is 10.4. The summed E-state index contributed by atoms with van der Waals surface area (Å²) in [4.78, 5) is 25.6. The molecule has 3 rings (SSSR count). The van der Waals surface area contributed by atoms with Gasteiger partial charge in [0.2, 0.25) is 11.8 Å². The van der Waals surface area contributed by atoms with Gasteiger partial charge in [-0.3, -0.25) is 9.59 Å². The Hall–Kier alpha value is -1.55. The smallest absolute Gasteiger partial charge is 0.237 e. The molecule has 18 heavy (non-hydrogen) atoms. The first-order valence-electron chi connectivity index (χ1n) is 5.96. The SMILES string of the molecule is O=C1C2CCCC2C(=O)N1c1ccc(O)cc1Cl. The molecule has 1 aliphatic carbocycles. The van der Waals surface area contributed by atoms with E-state index in [0.717, 1.165) is 19.3 Å². The molecular weight excluding hydrogens is 254 g/mol. The summed E-state index contributed by atoms with van der Waals surface area (Å²) in [6.45, 7) is 0. The van der Waals surface area contributed by atoms with Crippen molar-refractivity contribution in [1.82, 2.24) is 0 Å². The number of phenolic OH excluding ortho intramolecular Hbond substituents is 1. The Balaban J connectivity index is 2.02. The molecule has 2 amide bonds. The second-order valence-electron chi connectivity index (χ2n) is 4.79. The summed E-state index contributed by atoms with van der Waals surface area (Å²) >= 11 is 5.99. The number of halogens is 1. The summed E-state index contributed by atoms with van der Waals surface area (Å²) in [6, 6.07) is 4.27. The first kappa shape index (κ1) is 11.5. The third-order valence-corrected chi connectivity index (χ3v) is 4.07. The van der Waals surface area contributed by atoms with Gasteiger partial charge in [-0.15, -0.1) is 0 Å². The number of carbonyl (C=O) groups excluding carboxylic acids is 2. The molecule has 2 aliphatic rings. The van der Waals surface area contributed by atoms with Crippen LogP contribution in [0.3, 0.4) is 0 Å². The van der Waals surface area contributed by atoms with Crippen LogP contribution in [-0.4, -0.2) is 16.9 Å². The van der Waals surface area contributed by atoms with E-state index >= 15 is 0 Å². The number of phenols is 1. The van der Waals surface area contributed by atoms with Crippen LogP contribution in [0.25, 0.3) is 0 Å². The molecule has 2 atom stereocenters. The van der Waals surface area contributed by atoms with E-state index < -0.39 is 0 Å². The minimum absolute atomic E-state index is 0.0167. The molecule has 94 valence electrons. The van der Waals surface area contributed by atoms with Crippen molar-refractivity contribution in [2.75, 3.05) is 4.90 Å². The number of benzene rings is 1. The molecule has 0 spiro atoms. The number of nitrogens with zero attached hydrogens (tertiary/aromatic N) is 1. The number of hydrogen-bond acceptors (Lipinski definition) is 3. The van der Waals surface area contributed by atoms with Crippen molar-refractivity contribution in [1.29, 1.82) is 0 Å². The van der Waals surface area contributed by atoms with E-state index in [0.29, 0.717) is 5.69 Å². The Morgan fingerprint density at radius 2 is 1.78 bits per heavy atom. The van der Waals surface area contributed by atoms with Crippen molar-refractivity contribution in [2.45, 2.75) is 19.3 Å². The van der Waals surface area contributed by atoms with Gasteiger partial charge in [0.1, 0.15) is 5.75 Å². The predicted octanol–water partition coefficient (Wildman–Crippen LogP) is 2.34.